The molecule has 4 nitrogen and oxygen atoms in total. The van der Waals surface area contributed by atoms with Gasteiger partial charge in [-0.05, 0) is 0 Å². The van der Waals surface area contributed by atoms with Crippen LogP contribution in [0.2, 0.25) is 0 Å². The summed E-state index contributed by atoms with van der Waals surface area (Å²) in [5.41, 5.74) is 0. The van der Waals surface area contributed by atoms with Gasteiger partial charge < -0.3 is 9.47 Å². The fourth-order valence-corrected chi connectivity index (χ4v) is 0.748. The number of hydrogen-bond acceptors (Lipinski definition) is 4. The first-order chi connectivity index (χ1) is 4.83. The summed E-state index contributed by atoms with van der Waals surface area (Å²) in [6.07, 6.45) is -0.0354. The van der Waals surface area contributed by atoms with Crippen LogP contribution in [-0.4, -0.2) is 18.9 Å². The van der Waals surface area contributed by atoms with Crippen LogP contribution in [0.25, 0.3) is 0 Å². The molecule has 0 N–H and O–H groups in total. The largest absolute Gasteiger partial charge is 0.508 e. The molecule has 1 unspecified atom stereocenters. The molecule has 0 radical (unpaired) electrons. The van der Waals surface area contributed by atoms with Crippen molar-refractivity contribution in [2.24, 2.45) is 0 Å². The van der Waals surface area contributed by atoms with Crippen molar-refractivity contribution >= 4 is 6.16 Å². The number of rotatable bonds is 1. The molecule has 1 heterocycles. The van der Waals surface area contributed by atoms with Crippen molar-refractivity contribution in [1.29, 1.82) is 5.26 Å². The van der Waals surface area contributed by atoms with E-state index in [1.54, 1.807) is 0 Å². The first kappa shape index (κ1) is 6.87. The first-order valence-corrected chi connectivity index (χ1v) is 3.03. The molecule has 0 aromatic rings. The van der Waals surface area contributed by atoms with Gasteiger partial charge in [-0.15, -0.1) is 0 Å². The first-order valence-electron chi connectivity index (χ1n) is 3.03. The topological polar surface area (TPSA) is 59.3 Å². The zero-order valence-corrected chi connectivity index (χ0v) is 5.37. The van der Waals surface area contributed by atoms with Crippen molar-refractivity contribution in [3.05, 3.63) is 0 Å². The third-order valence-corrected chi connectivity index (χ3v) is 1.24. The maximum Gasteiger partial charge on any atom is 0.508 e. The summed E-state index contributed by atoms with van der Waals surface area (Å²) in [6, 6.07) is 1.93. The van der Waals surface area contributed by atoms with Crippen molar-refractivity contribution in [2.45, 2.75) is 18.9 Å². The molecule has 1 saturated heterocycles. The van der Waals surface area contributed by atoms with E-state index in [1.807, 2.05) is 6.07 Å². The standard InChI is InChI=1S/C6H7NO3/c7-3-1-5-2-4-9-6(8)10-5/h5H,1-2,4H2. The van der Waals surface area contributed by atoms with Gasteiger partial charge in [0.05, 0.1) is 19.1 Å². The summed E-state index contributed by atoms with van der Waals surface area (Å²) in [6.45, 7) is 0.366. The molecule has 0 spiro atoms. The molecule has 0 aromatic heterocycles. The number of nitriles is 1. The smallest absolute Gasteiger partial charge is 0.434 e. The Hall–Kier alpha value is -1.24. The van der Waals surface area contributed by atoms with Crippen LogP contribution in [0.15, 0.2) is 0 Å². The van der Waals surface area contributed by atoms with E-state index in [9.17, 15) is 4.79 Å². The minimum absolute atomic E-state index is 0.258. The van der Waals surface area contributed by atoms with Gasteiger partial charge in [-0.1, -0.05) is 0 Å². The van der Waals surface area contributed by atoms with E-state index in [4.69, 9.17) is 5.26 Å². The molecule has 54 valence electrons. The zero-order chi connectivity index (χ0) is 7.40. The van der Waals surface area contributed by atoms with Gasteiger partial charge in [0.25, 0.3) is 0 Å². The van der Waals surface area contributed by atoms with Gasteiger partial charge in [-0.25, -0.2) is 4.79 Å². The summed E-state index contributed by atoms with van der Waals surface area (Å²) < 4.78 is 9.13. The number of carbonyl (C=O) groups is 1. The van der Waals surface area contributed by atoms with Crippen LogP contribution in [0.4, 0.5) is 4.79 Å². The Morgan fingerprint density at radius 2 is 2.60 bits per heavy atom. The van der Waals surface area contributed by atoms with Gasteiger partial charge in [-0.2, -0.15) is 5.26 Å². The lowest BCUT2D eigenvalue weighted by atomic mass is 10.2. The number of ether oxygens (including phenoxy) is 2. The van der Waals surface area contributed by atoms with Crippen LogP contribution < -0.4 is 0 Å². The SMILES string of the molecule is N#CCC1CCOC(=O)O1. The maximum absolute atomic E-state index is 10.4. The predicted molar refractivity (Wildman–Crippen MR) is 31.1 cm³/mol. The van der Waals surface area contributed by atoms with E-state index >= 15 is 0 Å². The van der Waals surface area contributed by atoms with Crippen LogP contribution >= 0.6 is 0 Å². The fraction of sp³-hybridized carbons (Fsp3) is 0.667. The quantitative estimate of drug-likeness (QED) is 0.507. The molecular weight excluding hydrogens is 134 g/mol. The molecule has 0 aliphatic carbocycles. The predicted octanol–water partition coefficient (Wildman–Crippen LogP) is 0.826. The van der Waals surface area contributed by atoms with Gasteiger partial charge in [0.1, 0.15) is 6.10 Å². The van der Waals surface area contributed by atoms with Gasteiger partial charge in [0.15, 0.2) is 0 Å². The molecule has 0 amide bonds. The number of nitrogens with zero attached hydrogens (tertiary/aromatic N) is 1. The molecule has 1 aliphatic heterocycles. The lowest BCUT2D eigenvalue weighted by Gasteiger charge is -2.19. The molecule has 1 atom stereocenters. The molecular formula is C6H7NO3. The van der Waals surface area contributed by atoms with E-state index in [2.05, 4.69) is 9.47 Å². The highest BCUT2D eigenvalue weighted by Gasteiger charge is 2.20. The molecule has 0 saturated carbocycles. The Morgan fingerprint density at radius 1 is 1.80 bits per heavy atom. The second-order valence-electron chi connectivity index (χ2n) is 1.99. The molecule has 1 fully saturated rings. The van der Waals surface area contributed by atoms with Crippen molar-refractivity contribution in [3.8, 4) is 6.07 Å². The highest BCUT2D eigenvalue weighted by Crippen LogP contribution is 2.10. The van der Waals surface area contributed by atoms with E-state index in [0.29, 0.717) is 13.0 Å². The second kappa shape index (κ2) is 3.06. The van der Waals surface area contributed by atoms with Gasteiger partial charge in [0, 0.05) is 6.42 Å². The summed E-state index contributed by atoms with van der Waals surface area (Å²) in [5, 5.41) is 8.22. The van der Waals surface area contributed by atoms with Crippen molar-refractivity contribution < 1.29 is 14.3 Å². The lowest BCUT2D eigenvalue weighted by Crippen LogP contribution is -2.26. The van der Waals surface area contributed by atoms with Gasteiger partial charge >= 0.3 is 6.16 Å². The molecule has 1 aliphatic rings. The normalized spacial score (nSPS) is 24.3. The van der Waals surface area contributed by atoms with Crippen LogP contribution in [0.5, 0.6) is 0 Å². The van der Waals surface area contributed by atoms with Gasteiger partial charge in [0.2, 0.25) is 0 Å². The van der Waals surface area contributed by atoms with E-state index in [-0.39, 0.29) is 12.5 Å². The van der Waals surface area contributed by atoms with E-state index in [0.717, 1.165) is 0 Å². The number of cyclic esters (lactones) is 2. The highest BCUT2D eigenvalue weighted by atomic mass is 16.7. The van der Waals surface area contributed by atoms with Crippen molar-refractivity contribution in [3.63, 3.8) is 0 Å². The van der Waals surface area contributed by atoms with Crippen LogP contribution in [0.3, 0.4) is 0 Å². The fourth-order valence-electron chi connectivity index (χ4n) is 0.748. The van der Waals surface area contributed by atoms with Crippen molar-refractivity contribution in [1.82, 2.24) is 0 Å². The third kappa shape index (κ3) is 1.62. The average Bonchev–Trinajstić information content (AvgIpc) is 1.88. The molecule has 1 rings (SSSR count). The minimum atomic E-state index is -0.661. The Bertz CT molecular complexity index is 172. The Morgan fingerprint density at radius 3 is 3.20 bits per heavy atom. The maximum atomic E-state index is 10.4. The molecule has 4 heteroatoms. The molecule has 0 aromatic carbocycles. The Labute approximate surface area is 58.3 Å². The third-order valence-electron chi connectivity index (χ3n) is 1.24. The molecule has 0 bridgehead atoms. The zero-order valence-electron chi connectivity index (χ0n) is 5.37. The van der Waals surface area contributed by atoms with E-state index in [1.165, 1.54) is 0 Å². The number of carbonyl (C=O) groups excluding carboxylic acids is 1. The molecule has 10 heavy (non-hydrogen) atoms. The summed E-state index contributed by atoms with van der Waals surface area (Å²) in [5.74, 6) is 0. The lowest BCUT2D eigenvalue weighted by molar-refractivity contribution is -0.0204. The van der Waals surface area contributed by atoms with Crippen LogP contribution in [0, 0.1) is 11.3 Å². The summed E-state index contributed by atoms with van der Waals surface area (Å²) in [7, 11) is 0. The summed E-state index contributed by atoms with van der Waals surface area (Å²) >= 11 is 0. The summed E-state index contributed by atoms with van der Waals surface area (Å²) in [4.78, 5) is 10.4. The second-order valence-corrected chi connectivity index (χ2v) is 1.99. The van der Waals surface area contributed by atoms with E-state index < -0.39 is 6.16 Å². The highest BCUT2D eigenvalue weighted by molar-refractivity contribution is 5.60. The minimum Gasteiger partial charge on any atom is -0.434 e. The average molecular weight is 141 g/mol. The van der Waals surface area contributed by atoms with Crippen molar-refractivity contribution in [2.75, 3.05) is 6.61 Å². The Balaban J connectivity index is 2.34. The monoisotopic (exact) mass is 141 g/mol. The Kier molecular flexibility index (Phi) is 2.11. The number of hydrogen-bond donors (Lipinski definition) is 0. The van der Waals surface area contributed by atoms with Gasteiger partial charge in [-0.3, -0.25) is 0 Å². The van der Waals surface area contributed by atoms with Crippen LogP contribution in [-0.2, 0) is 9.47 Å². The van der Waals surface area contributed by atoms with Crippen LogP contribution in [0.1, 0.15) is 12.8 Å².